The van der Waals surface area contributed by atoms with Crippen molar-refractivity contribution in [2.75, 3.05) is 0 Å². The van der Waals surface area contributed by atoms with Crippen LogP contribution in [-0.2, 0) is 11.3 Å². The Balaban J connectivity index is 1.56. The van der Waals surface area contributed by atoms with Crippen molar-refractivity contribution < 1.29 is 14.0 Å². The molecule has 2 N–H and O–H groups in total. The molecular formula is C26H18ClFN4O3. The Morgan fingerprint density at radius 3 is 2.37 bits per heavy atom. The quantitative estimate of drug-likeness (QED) is 0.315. The minimum absolute atomic E-state index is 0.0528. The van der Waals surface area contributed by atoms with Gasteiger partial charge in [-0.2, -0.15) is 0 Å². The summed E-state index contributed by atoms with van der Waals surface area (Å²) in [5.41, 5.74) is 1.94. The Morgan fingerprint density at radius 1 is 0.914 bits per heavy atom. The predicted molar refractivity (Wildman–Crippen MR) is 130 cm³/mol. The molecule has 0 bridgehead atoms. The lowest BCUT2D eigenvalue weighted by Gasteiger charge is -2.11. The third-order valence-electron chi connectivity index (χ3n) is 5.55. The highest BCUT2D eigenvalue weighted by atomic mass is 35.5. The number of nitrogens with one attached hydrogen (secondary N) is 2. The second-order valence-electron chi connectivity index (χ2n) is 7.89. The number of benzene rings is 3. The lowest BCUT2D eigenvalue weighted by atomic mass is 10.1. The van der Waals surface area contributed by atoms with Gasteiger partial charge in [0.05, 0.1) is 23.5 Å². The van der Waals surface area contributed by atoms with Crippen LogP contribution in [-0.4, -0.2) is 26.6 Å². The molecule has 9 heteroatoms. The first-order chi connectivity index (χ1) is 16.9. The lowest BCUT2D eigenvalue weighted by molar-refractivity contribution is -0.123. The molecule has 4 aromatic rings. The predicted octanol–water partition coefficient (Wildman–Crippen LogP) is 4.72. The van der Waals surface area contributed by atoms with Crippen molar-refractivity contribution in [1.82, 2.24) is 20.0 Å². The van der Waals surface area contributed by atoms with E-state index in [-0.39, 0.29) is 17.8 Å². The summed E-state index contributed by atoms with van der Waals surface area (Å²) in [5, 5.41) is 6.15. The number of amides is 3. The summed E-state index contributed by atoms with van der Waals surface area (Å²) < 4.78 is 14.9. The fourth-order valence-electron chi connectivity index (χ4n) is 3.86. The summed E-state index contributed by atoms with van der Waals surface area (Å²) >= 11 is 5.98. The third-order valence-corrected chi connectivity index (χ3v) is 5.81. The minimum Gasteiger partial charge on any atom is -0.303 e. The molecule has 1 aliphatic heterocycles. The first-order valence-corrected chi connectivity index (χ1v) is 11.0. The number of carbonyl (C=O) groups is 2. The summed E-state index contributed by atoms with van der Waals surface area (Å²) in [6, 6.07) is 20.9. The number of nitrogens with zero attached hydrogens (tertiary/aromatic N) is 2. The Bertz CT molecular complexity index is 1520. The molecule has 3 amide bonds. The molecule has 1 fully saturated rings. The normalized spacial score (nSPS) is 14.6. The number of rotatable bonds is 5. The number of carbonyl (C=O) groups excluding carboxylic acids is 2. The lowest BCUT2D eigenvalue weighted by Crippen LogP contribution is -2.30. The van der Waals surface area contributed by atoms with Gasteiger partial charge in [0.15, 0.2) is 0 Å². The van der Waals surface area contributed by atoms with Gasteiger partial charge in [-0.15, -0.1) is 0 Å². The van der Waals surface area contributed by atoms with E-state index in [4.69, 9.17) is 11.6 Å². The Kier molecular flexibility index (Phi) is 5.80. The molecule has 0 aliphatic carbocycles. The molecule has 2 heterocycles. The van der Waals surface area contributed by atoms with Crippen LogP contribution in [0.5, 0.6) is 0 Å². The zero-order chi connectivity index (χ0) is 24.5. The van der Waals surface area contributed by atoms with E-state index in [0.717, 1.165) is 10.5 Å². The van der Waals surface area contributed by atoms with E-state index >= 15 is 0 Å². The number of halogens is 2. The van der Waals surface area contributed by atoms with Crippen molar-refractivity contribution in [2.24, 2.45) is 0 Å². The highest BCUT2D eigenvalue weighted by Crippen LogP contribution is 2.24. The van der Waals surface area contributed by atoms with E-state index in [1.54, 1.807) is 30.3 Å². The Labute approximate surface area is 204 Å². The van der Waals surface area contributed by atoms with Gasteiger partial charge in [0.2, 0.25) is 0 Å². The summed E-state index contributed by atoms with van der Waals surface area (Å²) in [6.07, 6.45) is 1.36. The smallest absolute Gasteiger partial charge is 0.303 e. The number of imide groups is 1. The third kappa shape index (κ3) is 4.39. The summed E-state index contributed by atoms with van der Waals surface area (Å²) in [4.78, 5) is 39.9. The molecule has 1 aromatic heterocycles. The molecule has 0 atom stereocenters. The fraction of sp³-hybridized carbons (Fsp3) is 0.0385. The molecular weight excluding hydrogens is 471 g/mol. The topological polar surface area (TPSA) is 87.2 Å². The van der Waals surface area contributed by atoms with Gasteiger partial charge in [0.25, 0.3) is 11.5 Å². The van der Waals surface area contributed by atoms with Crippen LogP contribution in [0.4, 0.5) is 9.18 Å². The van der Waals surface area contributed by atoms with Crippen molar-refractivity contribution >= 4 is 29.6 Å². The van der Waals surface area contributed by atoms with Gasteiger partial charge < -0.3 is 5.32 Å². The van der Waals surface area contributed by atoms with Gasteiger partial charge in [0, 0.05) is 10.6 Å². The average Bonchev–Trinajstić information content (AvgIpc) is 3.31. The van der Waals surface area contributed by atoms with E-state index in [1.165, 1.54) is 29.0 Å². The molecule has 5 rings (SSSR count). The van der Waals surface area contributed by atoms with Crippen LogP contribution in [0.1, 0.15) is 11.1 Å². The molecule has 35 heavy (non-hydrogen) atoms. The standard InChI is InChI=1S/C26H18ClFN4O3/c27-18-9-11-20(12-10-18)32-24(33)21(23(30-32)17-6-2-1-3-7-17)14-22-25(34)31(26(35)29-22)15-16-5-4-8-19(28)13-16/h1-14,30H,15H2,(H,29,35)/b22-14-. The van der Waals surface area contributed by atoms with Crippen LogP contribution >= 0.6 is 11.6 Å². The Morgan fingerprint density at radius 2 is 1.66 bits per heavy atom. The van der Waals surface area contributed by atoms with Crippen molar-refractivity contribution in [1.29, 1.82) is 0 Å². The van der Waals surface area contributed by atoms with E-state index < -0.39 is 23.3 Å². The molecule has 174 valence electrons. The largest absolute Gasteiger partial charge is 0.329 e. The Hall–Kier alpha value is -4.43. The van der Waals surface area contributed by atoms with Crippen LogP contribution in [0, 0.1) is 5.82 Å². The number of hydrogen-bond donors (Lipinski definition) is 2. The van der Waals surface area contributed by atoms with Crippen LogP contribution in [0.2, 0.25) is 5.02 Å². The number of aromatic amines is 1. The van der Waals surface area contributed by atoms with Gasteiger partial charge >= 0.3 is 6.03 Å². The van der Waals surface area contributed by atoms with Crippen molar-refractivity contribution in [3.05, 3.63) is 117 Å². The van der Waals surface area contributed by atoms with Crippen LogP contribution < -0.4 is 10.9 Å². The van der Waals surface area contributed by atoms with Crippen LogP contribution in [0.15, 0.2) is 89.4 Å². The number of hydrogen-bond acceptors (Lipinski definition) is 3. The molecule has 1 saturated heterocycles. The first kappa shape index (κ1) is 22.4. The SMILES string of the molecule is O=C1N/C(=C\c2c(-c3ccccc3)[nH]n(-c3ccc(Cl)cc3)c2=O)C(=O)N1Cc1cccc(F)c1. The van der Waals surface area contributed by atoms with E-state index in [1.807, 2.05) is 30.3 Å². The monoisotopic (exact) mass is 488 g/mol. The van der Waals surface area contributed by atoms with E-state index in [9.17, 15) is 18.8 Å². The van der Waals surface area contributed by atoms with E-state index in [2.05, 4.69) is 10.4 Å². The van der Waals surface area contributed by atoms with Crippen molar-refractivity contribution in [2.45, 2.75) is 6.54 Å². The second kappa shape index (κ2) is 9.08. The van der Waals surface area contributed by atoms with Gasteiger partial charge in [-0.1, -0.05) is 54.1 Å². The highest BCUT2D eigenvalue weighted by Gasteiger charge is 2.34. The number of aromatic nitrogens is 2. The van der Waals surface area contributed by atoms with Gasteiger partial charge in [-0.3, -0.25) is 19.6 Å². The summed E-state index contributed by atoms with van der Waals surface area (Å²) in [6.45, 7) is -0.104. The van der Waals surface area contributed by atoms with Gasteiger partial charge in [-0.05, 0) is 48.0 Å². The van der Waals surface area contributed by atoms with Gasteiger partial charge in [-0.25, -0.2) is 13.9 Å². The zero-order valence-electron chi connectivity index (χ0n) is 18.2. The van der Waals surface area contributed by atoms with Crippen LogP contribution in [0.25, 0.3) is 23.0 Å². The van der Waals surface area contributed by atoms with E-state index in [0.29, 0.717) is 22.0 Å². The molecule has 0 spiro atoms. The minimum atomic E-state index is -0.652. The fourth-order valence-corrected chi connectivity index (χ4v) is 3.98. The molecule has 3 aromatic carbocycles. The zero-order valence-corrected chi connectivity index (χ0v) is 18.9. The maximum absolute atomic E-state index is 13.6. The average molecular weight is 489 g/mol. The molecule has 7 nitrogen and oxygen atoms in total. The molecule has 0 saturated carbocycles. The second-order valence-corrected chi connectivity index (χ2v) is 8.33. The number of H-pyrrole nitrogens is 1. The maximum Gasteiger partial charge on any atom is 0.329 e. The highest BCUT2D eigenvalue weighted by molar-refractivity contribution is 6.30. The van der Waals surface area contributed by atoms with Crippen molar-refractivity contribution in [3.63, 3.8) is 0 Å². The summed E-state index contributed by atoms with van der Waals surface area (Å²) in [7, 11) is 0. The maximum atomic E-state index is 13.6. The van der Waals surface area contributed by atoms with Gasteiger partial charge in [0.1, 0.15) is 11.5 Å². The molecule has 0 unspecified atom stereocenters. The summed E-state index contributed by atoms with van der Waals surface area (Å²) in [5.74, 6) is -1.08. The molecule has 0 radical (unpaired) electrons. The first-order valence-electron chi connectivity index (χ1n) is 10.7. The number of urea groups is 1. The van der Waals surface area contributed by atoms with Crippen molar-refractivity contribution in [3.8, 4) is 16.9 Å². The molecule has 1 aliphatic rings. The van der Waals surface area contributed by atoms with Crippen LogP contribution in [0.3, 0.4) is 0 Å².